The average Bonchev–Trinajstić information content (AvgIpc) is 2.96. The third kappa shape index (κ3) is 2.77. The van der Waals surface area contributed by atoms with E-state index in [4.69, 9.17) is 0 Å². The molecule has 21 heavy (non-hydrogen) atoms. The molecule has 2 nitrogen and oxygen atoms in total. The van der Waals surface area contributed by atoms with E-state index in [9.17, 15) is 18.3 Å². The smallest absolute Gasteiger partial charge is 0.383 e. The van der Waals surface area contributed by atoms with E-state index in [1.807, 2.05) is 30.3 Å². The summed E-state index contributed by atoms with van der Waals surface area (Å²) in [4.78, 5) is 3.51. The van der Waals surface area contributed by atoms with Gasteiger partial charge in [0.15, 0.2) is 5.01 Å². The molecule has 0 amide bonds. The van der Waals surface area contributed by atoms with Gasteiger partial charge < -0.3 is 5.11 Å². The van der Waals surface area contributed by atoms with Crippen LogP contribution < -0.4 is 0 Å². The largest absolute Gasteiger partial charge is 0.443 e. The second-order valence-electron chi connectivity index (χ2n) is 4.57. The van der Waals surface area contributed by atoms with Crippen LogP contribution in [0.3, 0.4) is 0 Å². The first-order valence-electron chi connectivity index (χ1n) is 6.15. The van der Waals surface area contributed by atoms with Crippen molar-refractivity contribution in [2.45, 2.75) is 12.3 Å². The van der Waals surface area contributed by atoms with Crippen LogP contribution in [0.2, 0.25) is 0 Å². The summed E-state index contributed by atoms with van der Waals surface area (Å²) >= 11 is 0.462. The molecule has 0 saturated carbocycles. The summed E-state index contributed by atoms with van der Waals surface area (Å²) in [7, 11) is 0. The number of nitrogens with zero attached hydrogens (tertiary/aromatic N) is 1. The summed E-state index contributed by atoms with van der Waals surface area (Å²) in [5.74, 6) is 0. The Morgan fingerprint density at radius 2 is 1.76 bits per heavy atom. The lowest BCUT2D eigenvalue weighted by molar-refractivity contribution is -0.137. The Balaban J connectivity index is 1.96. The van der Waals surface area contributed by atoms with E-state index < -0.39 is 17.3 Å². The predicted octanol–water partition coefficient (Wildman–Crippen LogP) is 4.40. The number of aliphatic hydroxyl groups excluding tert-OH is 1. The van der Waals surface area contributed by atoms with E-state index in [1.54, 1.807) is 12.1 Å². The Morgan fingerprint density at radius 3 is 2.43 bits per heavy atom. The normalized spacial score (nSPS) is 13.5. The molecule has 3 rings (SSSR count). The molecule has 0 spiro atoms. The number of hydrogen-bond acceptors (Lipinski definition) is 3. The first kappa shape index (κ1) is 14.0. The van der Waals surface area contributed by atoms with Crippen molar-refractivity contribution in [1.29, 1.82) is 0 Å². The third-order valence-corrected chi connectivity index (χ3v) is 4.22. The van der Waals surface area contributed by atoms with Crippen LogP contribution in [0.4, 0.5) is 13.2 Å². The maximum absolute atomic E-state index is 12.5. The van der Waals surface area contributed by atoms with Gasteiger partial charge in [-0.2, -0.15) is 13.2 Å². The summed E-state index contributed by atoms with van der Waals surface area (Å²) in [6.45, 7) is 0. The van der Waals surface area contributed by atoms with Crippen molar-refractivity contribution >= 4 is 22.1 Å². The number of aromatic nitrogens is 1. The number of alkyl halides is 3. The van der Waals surface area contributed by atoms with Gasteiger partial charge in [-0.1, -0.05) is 36.4 Å². The highest BCUT2D eigenvalue weighted by Gasteiger charge is 2.35. The third-order valence-electron chi connectivity index (χ3n) is 3.12. The molecule has 0 bridgehead atoms. The summed E-state index contributed by atoms with van der Waals surface area (Å²) in [6, 6.07) is 12.9. The van der Waals surface area contributed by atoms with Crippen molar-refractivity contribution in [3.8, 4) is 0 Å². The standard InChI is InChI=1S/C15H10F3NOS/c16-15(17,18)14-19-8-12(21-14)13(20)11-6-5-9-3-1-2-4-10(9)7-11/h1-8,13,20H. The van der Waals surface area contributed by atoms with Crippen LogP contribution in [0.5, 0.6) is 0 Å². The highest BCUT2D eigenvalue weighted by molar-refractivity contribution is 7.11. The van der Waals surface area contributed by atoms with Crippen LogP contribution in [0.1, 0.15) is 21.6 Å². The molecule has 1 unspecified atom stereocenters. The molecule has 1 atom stereocenters. The minimum Gasteiger partial charge on any atom is -0.383 e. The molecular weight excluding hydrogens is 299 g/mol. The molecule has 108 valence electrons. The van der Waals surface area contributed by atoms with Crippen molar-refractivity contribution in [3.63, 3.8) is 0 Å². The molecule has 1 heterocycles. The SMILES string of the molecule is OC(c1ccc2ccccc2c1)c1cnc(C(F)(F)F)s1. The predicted molar refractivity (Wildman–Crippen MR) is 75.1 cm³/mol. The van der Waals surface area contributed by atoms with Crippen molar-refractivity contribution < 1.29 is 18.3 Å². The molecule has 6 heteroatoms. The van der Waals surface area contributed by atoms with E-state index in [-0.39, 0.29) is 4.88 Å². The first-order chi connectivity index (χ1) is 9.95. The molecule has 0 fully saturated rings. The number of halogens is 3. The van der Waals surface area contributed by atoms with Gasteiger partial charge in [-0.3, -0.25) is 0 Å². The molecule has 0 aliphatic heterocycles. The zero-order valence-corrected chi connectivity index (χ0v) is 11.4. The van der Waals surface area contributed by atoms with Crippen molar-refractivity contribution in [3.05, 3.63) is 64.1 Å². The van der Waals surface area contributed by atoms with E-state index in [1.165, 1.54) is 0 Å². The summed E-state index contributed by atoms with van der Waals surface area (Å²) in [5, 5.41) is 11.2. The Hall–Kier alpha value is -1.92. The molecular formula is C15H10F3NOS. The molecule has 1 aromatic heterocycles. The second kappa shape index (κ2) is 5.13. The number of thiazole rings is 1. The zero-order chi connectivity index (χ0) is 15.0. The Labute approximate surface area is 122 Å². The lowest BCUT2D eigenvalue weighted by Crippen LogP contribution is -2.03. The first-order valence-corrected chi connectivity index (χ1v) is 6.96. The quantitative estimate of drug-likeness (QED) is 0.761. The van der Waals surface area contributed by atoms with Crippen molar-refractivity contribution in [1.82, 2.24) is 4.98 Å². The molecule has 2 aromatic carbocycles. The van der Waals surface area contributed by atoms with E-state index >= 15 is 0 Å². The fourth-order valence-electron chi connectivity index (χ4n) is 2.09. The topological polar surface area (TPSA) is 33.1 Å². The summed E-state index contributed by atoms with van der Waals surface area (Å²) < 4.78 is 37.6. The lowest BCUT2D eigenvalue weighted by atomic mass is 10.0. The van der Waals surface area contributed by atoms with Crippen LogP contribution in [0, 0.1) is 0 Å². The van der Waals surface area contributed by atoms with Gasteiger partial charge in [-0.15, -0.1) is 11.3 Å². The molecule has 3 aromatic rings. The molecule has 1 N–H and O–H groups in total. The summed E-state index contributed by atoms with van der Waals surface area (Å²) in [5.41, 5.74) is 0.547. The van der Waals surface area contributed by atoms with Gasteiger partial charge in [-0.25, -0.2) is 4.98 Å². The van der Waals surface area contributed by atoms with Crippen LogP contribution in [0.15, 0.2) is 48.7 Å². The highest BCUT2D eigenvalue weighted by Crippen LogP contribution is 2.36. The fraction of sp³-hybridized carbons (Fsp3) is 0.133. The minimum absolute atomic E-state index is 0.178. The summed E-state index contributed by atoms with van der Waals surface area (Å²) in [6.07, 6.45) is -4.51. The number of aliphatic hydroxyl groups is 1. The number of fused-ring (bicyclic) bond motifs is 1. The number of rotatable bonds is 2. The fourth-order valence-corrected chi connectivity index (χ4v) is 2.88. The average molecular weight is 309 g/mol. The van der Waals surface area contributed by atoms with Crippen LogP contribution >= 0.6 is 11.3 Å². The van der Waals surface area contributed by atoms with Gasteiger partial charge in [-0.05, 0) is 22.4 Å². The Morgan fingerprint density at radius 1 is 1.05 bits per heavy atom. The van der Waals surface area contributed by atoms with Crippen LogP contribution in [-0.4, -0.2) is 10.1 Å². The van der Waals surface area contributed by atoms with Gasteiger partial charge in [0.05, 0.1) is 4.88 Å². The highest BCUT2D eigenvalue weighted by atomic mass is 32.1. The molecule has 0 radical (unpaired) electrons. The maximum atomic E-state index is 12.5. The molecule has 0 saturated heterocycles. The van der Waals surface area contributed by atoms with Gasteiger partial charge in [0.1, 0.15) is 6.10 Å². The number of benzene rings is 2. The van der Waals surface area contributed by atoms with Crippen LogP contribution in [0.25, 0.3) is 10.8 Å². The monoisotopic (exact) mass is 309 g/mol. The van der Waals surface area contributed by atoms with Gasteiger partial charge in [0, 0.05) is 6.20 Å². The van der Waals surface area contributed by atoms with Crippen molar-refractivity contribution in [2.24, 2.45) is 0 Å². The minimum atomic E-state index is -4.48. The molecule has 0 aliphatic rings. The van der Waals surface area contributed by atoms with Gasteiger partial charge in [0.25, 0.3) is 0 Å². The van der Waals surface area contributed by atoms with Gasteiger partial charge in [0.2, 0.25) is 0 Å². The lowest BCUT2D eigenvalue weighted by Gasteiger charge is -2.09. The van der Waals surface area contributed by atoms with Gasteiger partial charge >= 0.3 is 6.18 Å². The van der Waals surface area contributed by atoms with E-state index in [2.05, 4.69) is 4.98 Å². The molecule has 0 aliphatic carbocycles. The van der Waals surface area contributed by atoms with E-state index in [0.29, 0.717) is 16.9 Å². The number of hydrogen-bond donors (Lipinski definition) is 1. The Kier molecular flexibility index (Phi) is 3.43. The van der Waals surface area contributed by atoms with Crippen molar-refractivity contribution in [2.75, 3.05) is 0 Å². The van der Waals surface area contributed by atoms with Crippen LogP contribution in [-0.2, 0) is 6.18 Å². The maximum Gasteiger partial charge on any atom is 0.443 e. The second-order valence-corrected chi connectivity index (χ2v) is 5.64. The zero-order valence-electron chi connectivity index (χ0n) is 10.6. The Bertz CT molecular complexity index is 782. The van der Waals surface area contributed by atoms with E-state index in [0.717, 1.165) is 17.0 Å².